The maximum Gasteiger partial charge on any atom is 0.273 e. The van der Waals surface area contributed by atoms with E-state index in [0.717, 1.165) is 23.8 Å². The van der Waals surface area contributed by atoms with Crippen molar-refractivity contribution < 1.29 is 13.9 Å². The van der Waals surface area contributed by atoms with E-state index in [-0.39, 0.29) is 5.91 Å². The fraction of sp³-hybridized carbons (Fsp3) is 0.241. The second-order valence-electron chi connectivity index (χ2n) is 9.27. The number of amides is 1. The lowest BCUT2D eigenvalue weighted by molar-refractivity contribution is 0.0741. The second kappa shape index (κ2) is 11.6. The van der Waals surface area contributed by atoms with Crippen molar-refractivity contribution in [2.75, 3.05) is 38.2 Å². The van der Waals surface area contributed by atoms with E-state index in [1.165, 1.54) is 34.3 Å². The van der Waals surface area contributed by atoms with Gasteiger partial charge in [0.15, 0.2) is 10.9 Å². The number of benzene rings is 2. The molecule has 0 radical (unpaired) electrons. The predicted octanol–water partition coefficient (Wildman–Crippen LogP) is 5.56. The van der Waals surface area contributed by atoms with E-state index in [0.29, 0.717) is 47.0 Å². The van der Waals surface area contributed by atoms with Crippen LogP contribution in [0.15, 0.2) is 81.9 Å². The topological polar surface area (TPSA) is 89.5 Å². The lowest BCUT2D eigenvalue weighted by Gasteiger charge is -2.36. The SMILES string of the molecule is COc1ccccc1-n1c(SCc2nc(C(=O)N3CCN(c4ccccc4C)CC3)cs2)nnc1-c1ccco1. The number of aryl methyl sites for hydroxylation is 1. The number of anilines is 1. The Balaban J connectivity index is 1.15. The fourth-order valence-corrected chi connectivity index (χ4v) is 6.52. The van der Waals surface area contributed by atoms with Crippen LogP contribution in [-0.2, 0) is 5.75 Å². The van der Waals surface area contributed by atoms with Gasteiger partial charge in [-0.05, 0) is 42.8 Å². The summed E-state index contributed by atoms with van der Waals surface area (Å²) in [5.74, 6) is 2.41. The summed E-state index contributed by atoms with van der Waals surface area (Å²) >= 11 is 2.98. The highest BCUT2D eigenvalue weighted by molar-refractivity contribution is 7.98. The molecule has 5 aromatic rings. The predicted molar refractivity (Wildman–Crippen MR) is 157 cm³/mol. The third kappa shape index (κ3) is 5.22. The molecule has 0 saturated carbocycles. The average Bonchev–Trinajstić information content (AvgIpc) is 3.77. The molecule has 0 bridgehead atoms. The number of rotatable bonds is 8. The Bertz CT molecular complexity index is 1610. The normalized spacial score (nSPS) is 13.6. The van der Waals surface area contributed by atoms with Crippen molar-refractivity contribution in [2.45, 2.75) is 17.8 Å². The molecule has 6 rings (SSSR count). The molecular weight excluding hydrogens is 544 g/mol. The van der Waals surface area contributed by atoms with Gasteiger partial charge < -0.3 is 19.0 Å². The van der Waals surface area contributed by atoms with Crippen LogP contribution in [0.5, 0.6) is 5.75 Å². The van der Waals surface area contributed by atoms with Crippen molar-refractivity contribution in [1.82, 2.24) is 24.6 Å². The molecular formula is C29H28N6O3S2. The molecule has 4 heterocycles. The number of furan rings is 1. The number of thiazole rings is 1. The summed E-state index contributed by atoms with van der Waals surface area (Å²) in [6, 6.07) is 19.8. The first-order chi connectivity index (χ1) is 19.6. The van der Waals surface area contributed by atoms with Crippen molar-refractivity contribution in [3.63, 3.8) is 0 Å². The van der Waals surface area contributed by atoms with Gasteiger partial charge in [0, 0.05) is 37.2 Å². The Morgan fingerprint density at radius 3 is 2.52 bits per heavy atom. The molecule has 2 aromatic carbocycles. The number of ether oxygens (including phenoxy) is 1. The van der Waals surface area contributed by atoms with Crippen LogP contribution in [0.1, 0.15) is 21.1 Å². The maximum absolute atomic E-state index is 13.2. The highest BCUT2D eigenvalue weighted by Gasteiger charge is 2.25. The van der Waals surface area contributed by atoms with Gasteiger partial charge in [-0.3, -0.25) is 9.36 Å². The van der Waals surface area contributed by atoms with Gasteiger partial charge in [0.05, 0.1) is 24.8 Å². The number of hydrogen-bond donors (Lipinski definition) is 0. The highest BCUT2D eigenvalue weighted by Crippen LogP contribution is 2.34. The van der Waals surface area contributed by atoms with Crippen LogP contribution in [0.25, 0.3) is 17.3 Å². The molecule has 0 N–H and O–H groups in total. The van der Waals surface area contributed by atoms with E-state index < -0.39 is 0 Å². The Kier molecular flexibility index (Phi) is 7.56. The average molecular weight is 573 g/mol. The zero-order valence-corrected chi connectivity index (χ0v) is 23.8. The number of nitrogens with zero attached hydrogens (tertiary/aromatic N) is 6. The molecule has 1 fully saturated rings. The Morgan fingerprint density at radius 1 is 1.00 bits per heavy atom. The molecule has 0 spiro atoms. The molecule has 40 heavy (non-hydrogen) atoms. The van der Waals surface area contributed by atoms with Crippen LogP contribution in [-0.4, -0.2) is 63.8 Å². The van der Waals surface area contributed by atoms with Crippen LogP contribution < -0.4 is 9.64 Å². The van der Waals surface area contributed by atoms with E-state index in [4.69, 9.17) is 9.15 Å². The van der Waals surface area contributed by atoms with Gasteiger partial charge in [-0.1, -0.05) is 42.1 Å². The number of piperazine rings is 1. The smallest absolute Gasteiger partial charge is 0.273 e. The molecule has 9 nitrogen and oxygen atoms in total. The fourth-order valence-electron chi connectivity index (χ4n) is 4.79. The number of carbonyl (C=O) groups excluding carboxylic acids is 1. The number of thioether (sulfide) groups is 1. The van der Waals surface area contributed by atoms with Gasteiger partial charge in [0.2, 0.25) is 5.82 Å². The number of hydrogen-bond acceptors (Lipinski definition) is 9. The quantitative estimate of drug-likeness (QED) is 0.224. The summed E-state index contributed by atoms with van der Waals surface area (Å²) in [7, 11) is 1.64. The summed E-state index contributed by atoms with van der Waals surface area (Å²) in [6.07, 6.45) is 1.61. The minimum atomic E-state index is -0.0192. The summed E-state index contributed by atoms with van der Waals surface area (Å²) < 4.78 is 13.2. The number of aromatic nitrogens is 4. The third-order valence-electron chi connectivity index (χ3n) is 6.82. The first-order valence-corrected chi connectivity index (χ1v) is 14.8. The third-order valence-corrected chi connectivity index (χ3v) is 8.79. The summed E-state index contributed by atoms with van der Waals surface area (Å²) in [5.41, 5.74) is 3.79. The monoisotopic (exact) mass is 572 g/mol. The molecule has 1 amide bonds. The number of carbonyl (C=O) groups is 1. The van der Waals surface area contributed by atoms with E-state index in [1.807, 2.05) is 51.2 Å². The first kappa shape index (κ1) is 26.1. The summed E-state index contributed by atoms with van der Waals surface area (Å²) in [4.78, 5) is 22.2. The van der Waals surface area contributed by atoms with Gasteiger partial charge in [-0.2, -0.15) is 0 Å². The molecule has 11 heteroatoms. The Hall–Kier alpha value is -4.09. The lowest BCUT2D eigenvalue weighted by atomic mass is 10.1. The standard InChI is InChI=1S/C29H28N6O3S2/c1-20-8-3-4-9-22(20)33-13-15-34(16-14-33)28(36)21-18-39-26(30-21)19-40-29-32-31-27(25-12-7-17-38-25)35(29)23-10-5-6-11-24(23)37-2/h3-12,17-18H,13-16,19H2,1-2H3. The molecule has 204 valence electrons. The molecule has 3 aromatic heterocycles. The molecule has 1 saturated heterocycles. The Labute approximate surface area is 240 Å². The largest absolute Gasteiger partial charge is 0.495 e. The van der Waals surface area contributed by atoms with Crippen molar-refractivity contribution in [2.24, 2.45) is 0 Å². The van der Waals surface area contributed by atoms with Gasteiger partial charge >= 0.3 is 0 Å². The Morgan fingerprint density at radius 2 is 1.77 bits per heavy atom. The molecule has 0 aliphatic carbocycles. The van der Waals surface area contributed by atoms with Gasteiger partial charge in [-0.15, -0.1) is 21.5 Å². The van der Waals surface area contributed by atoms with Crippen LogP contribution in [0.3, 0.4) is 0 Å². The molecule has 0 atom stereocenters. The second-order valence-corrected chi connectivity index (χ2v) is 11.2. The minimum Gasteiger partial charge on any atom is -0.495 e. The first-order valence-electron chi connectivity index (χ1n) is 12.9. The van der Waals surface area contributed by atoms with Crippen LogP contribution in [0, 0.1) is 6.92 Å². The molecule has 1 aliphatic rings. The van der Waals surface area contributed by atoms with Crippen molar-refractivity contribution in [3.8, 4) is 23.0 Å². The summed E-state index contributed by atoms with van der Waals surface area (Å²) in [6.45, 7) is 5.08. The molecule has 1 aliphatic heterocycles. The van der Waals surface area contributed by atoms with E-state index in [9.17, 15) is 4.79 Å². The van der Waals surface area contributed by atoms with Crippen LogP contribution >= 0.6 is 23.1 Å². The van der Waals surface area contributed by atoms with E-state index in [2.05, 4.69) is 51.3 Å². The highest BCUT2D eigenvalue weighted by atomic mass is 32.2. The summed E-state index contributed by atoms with van der Waals surface area (Å²) in [5, 5.41) is 12.2. The lowest BCUT2D eigenvalue weighted by Crippen LogP contribution is -2.49. The van der Waals surface area contributed by atoms with Gasteiger partial charge in [-0.25, -0.2) is 4.98 Å². The van der Waals surface area contributed by atoms with Gasteiger partial charge in [0.1, 0.15) is 16.5 Å². The molecule has 0 unspecified atom stereocenters. The number of para-hydroxylation sites is 3. The van der Waals surface area contributed by atoms with Crippen molar-refractivity contribution in [1.29, 1.82) is 0 Å². The van der Waals surface area contributed by atoms with E-state index in [1.54, 1.807) is 13.4 Å². The number of methoxy groups -OCH3 is 1. The zero-order valence-electron chi connectivity index (χ0n) is 22.2. The van der Waals surface area contributed by atoms with Crippen molar-refractivity contribution >= 4 is 34.7 Å². The van der Waals surface area contributed by atoms with Crippen LogP contribution in [0.4, 0.5) is 5.69 Å². The zero-order chi connectivity index (χ0) is 27.5. The van der Waals surface area contributed by atoms with E-state index >= 15 is 0 Å². The van der Waals surface area contributed by atoms with Crippen LogP contribution in [0.2, 0.25) is 0 Å². The minimum absolute atomic E-state index is 0.0192. The van der Waals surface area contributed by atoms with Crippen molar-refractivity contribution in [3.05, 3.63) is 88.6 Å². The van der Waals surface area contributed by atoms with Gasteiger partial charge in [0.25, 0.3) is 5.91 Å². The maximum atomic E-state index is 13.2.